The van der Waals surface area contributed by atoms with Gasteiger partial charge in [0.2, 0.25) is 0 Å². The van der Waals surface area contributed by atoms with Crippen molar-refractivity contribution in [2.75, 3.05) is 40.4 Å². The van der Waals surface area contributed by atoms with E-state index in [0.29, 0.717) is 39.2 Å². The fourth-order valence-electron chi connectivity index (χ4n) is 2.84. The first-order chi connectivity index (χ1) is 14.5. The molecule has 0 aromatic heterocycles. The predicted molar refractivity (Wildman–Crippen MR) is 115 cm³/mol. The molecule has 3 rings (SSSR count). The Morgan fingerprint density at radius 1 is 0.900 bits per heavy atom. The number of ether oxygens (including phenoxy) is 4. The van der Waals surface area contributed by atoms with Crippen molar-refractivity contribution in [3.8, 4) is 23.0 Å². The van der Waals surface area contributed by atoms with Gasteiger partial charge in [0.1, 0.15) is 23.0 Å². The molecule has 0 spiro atoms. The van der Waals surface area contributed by atoms with Crippen molar-refractivity contribution in [1.82, 2.24) is 4.90 Å². The molecule has 1 aliphatic heterocycles. The highest BCUT2D eigenvalue weighted by molar-refractivity contribution is 8.18. The third kappa shape index (κ3) is 4.46. The fourth-order valence-corrected chi connectivity index (χ4v) is 3.67. The first-order valence-electron chi connectivity index (χ1n) is 8.94. The summed E-state index contributed by atoms with van der Waals surface area (Å²) in [5.41, 5.74) is 1.28. The lowest BCUT2D eigenvalue weighted by Crippen LogP contribution is -2.33. The second-order valence-corrected chi connectivity index (χ2v) is 7.11. The van der Waals surface area contributed by atoms with Crippen molar-refractivity contribution >= 4 is 34.7 Å². The number of nitrogens with zero attached hydrogens (tertiary/aromatic N) is 1. The van der Waals surface area contributed by atoms with Gasteiger partial charge in [0.15, 0.2) is 0 Å². The van der Waals surface area contributed by atoms with Gasteiger partial charge in [-0.1, -0.05) is 0 Å². The second-order valence-electron chi connectivity index (χ2n) is 6.12. The lowest BCUT2D eigenvalue weighted by molar-refractivity contribution is -0.122. The van der Waals surface area contributed by atoms with E-state index in [-0.39, 0.29) is 11.9 Å². The smallest absolute Gasteiger partial charge is 0.295 e. The summed E-state index contributed by atoms with van der Waals surface area (Å²) >= 11 is 0.871. The van der Waals surface area contributed by atoms with Crippen molar-refractivity contribution in [1.29, 1.82) is 0 Å². The molecule has 9 heteroatoms. The number of hydrogen-bond donors (Lipinski definition) is 1. The van der Waals surface area contributed by atoms with E-state index in [4.69, 9.17) is 18.9 Å². The predicted octanol–water partition coefficient (Wildman–Crippen LogP) is 3.83. The zero-order chi connectivity index (χ0) is 21.7. The van der Waals surface area contributed by atoms with Crippen molar-refractivity contribution in [2.24, 2.45) is 0 Å². The zero-order valence-electron chi connectivity index (χ0n) is 17.1. The molecule has 0 radical (unpaired) electrons. The maximum atomic E-state index is 12.8. The monoisotopic (exact) mass is 430 g/mol. The average molecular weight is 430 g/mol. The highest BCUT2D eigenvalue weighted by atomic mass is 32.2. The van der Waals surface area contributed by atoms with Crippen LogP contribution in [0.25, 0.3) is 6.08 Å². The summed E-state index contributed by atoms with van der Waals surface area (Å²) in [5.74, 6) is 1.98. The summed E-state index contributed by atoms with van der Waals surface area (Å²) in [4.78, 5) is 26.7. The van der Waals surface area contributed by atoms with Crippen LogP contribution < -0.4 is 24.3 Å². The maximum absolute atomic E-state index is 12.8. The van der Waals surface area contributed by atoms with E-state index in [9.17, 15) is 9.59 Å². The van der Waals surface area contributed by atoms with Gasteiger partial charge in [-0.3, -0.25) is 14.5 Å². The average Bonchev–Trinajstić information content (AvgIpc) is 3.04. The van der Waals surface area contributed by atoms with Crippen LogP contribution in [0.3, 0.4) is 0 Å². The van der Waals surface area contributed by atoms with E-state index in [1.54, 1.807) is 56.7 Å². The molecule has 8 nitrogen and oxygen atoms in total. The number of imide groups is 1. The normalized spacial score (nSPS) is 14.8. The number of amides is 2. The van der Waals surface area contributed by atoms with Gasteiger partial charge in [-0.2, -0.15) is 0 Å². The van der Waals surface area contributed by atoms with E-state index >= 15 is 0 Å². The Bertz CT molecular complexity index is 991. The van der Waals surface area contributed by atoms with E-state index in [2.05, 4.69) is 5.32 Å². The molecule has 0 unspecified atom stereocenters. The minimum Gasteiger partial charge on any atom is -0.497 e. The standard InChI is InChI=1S/C21H22N2O6S/c1-26-14-6-8-17(28-3)13(9-14)10-19-20(24)23(21(25)30-19)12-22-16-7-5-15(27-2)11-18(16)29-4/h5-11,22H,12H2,1-4H3/b19-10-. The summed E-state index contributed by atoms with van der Waals surface area (Å²) in [6.07, 6.45) is 1.63. The minimum atomic E-state index is -0.394. The third-order valence-electron chi connectivity index (χ3n) is 4.43. The molecule has 158 valence electrons. The largest absolute Gasteiger partial charge is 0.497 e. The van der Waals surface area contributed by atoms with Gasteiger partial charge < -0.3 is 24.3 Å². The number of nitrogens with one attached hydrogen (secondary N) is 1. The summed E-state index contributed by atoms with van der Waals surface area (Å²) < 4.78 is 21.1. The molecule has 1 N–H and O–H groups in total. The van der Waals surface area contributed by atoms with Crippen molar-refractivity contribution in [3.05, 3.63) is 46.9 Å². The molecule has 2 aromatic carbocycles. The Hall–Kier alpha value is -3.33. The van der Waals surface area contributed by atoms with Gasteiger partial charge in [0, 0.05) is 11.6 Å². The lowest BCUT2D eigenvalue weighted by atomic mass is 10.1. The Kier molecular flexibility index (Phi) is 6.73. The van der Waals surface area contributed by atoms with Gasteiger partial charge in [0.05, 0.1) is 45.7 Å². The number of benzene rings is 2. The number of anilines is 1. The SMILES string of the molecule is COc1ccc(OC)c(/C=C2\SC(=O)N(CNc3ccc(OC)cc3OC)C2=O)c1. The Labute approximate surface area is 178 Å². The van der Waals surface area contributed by atoms with Crippen LogP contribution in [0, 0.1) is 0 Å². The van der Waals surface area contributed by atoms with Crippen LogP contribution >= 0.6 is 11.8 Å². The number of rotatable bonds is 8. The summed E-state index contributed by atoms with van der Waals surface area (Å²) in [6, 6.07) is 10.5. The van der Waals surface area contributed by atoms with E-state index in [0.717, 1.165) is 16.7 Å². The number of methoxy groups -OCH3 is 4. The molecule has 0 aliphatic carbocycles. The molecular formula is C21H22N2O6S. The van der Waals surface area contributed by atoms with Crippen LogP contribution in [-0.4, -0.2) is 51.2 Å². The molecule has 1 fully saturated rings. The highest BCUT2D eigenvalue weighted by Gasteiger charge is 2.35. The van der Waals surface area contributed by atoms with Gasteiger partial charge in [-0.25, -0.2) is 0 Å². The quantitative estimate of drug-likeness (QED) is 0.633. The molecule has 2 aromatic rings. The van der Waals surface area contributed by atoms with Crippen molar-refractivity contribution in [2.45, 2.75) is 0 Å². The molecule has 1 saturated heterocycles. The number of carbonyl (C=O) groups excluding carboxylic acids is 2. The first-order valence-corrected chi connectivity index (χ1v) is 9.75. The van der Waals surface area contributed by atoms with Gasteiger partial charge in [-0.05, 0) is 48.2 Å². The molecule has 2 amide bonds. The molecule has 0 bridgehead atoms. The number of thioether (sulfide) groups is 1. The van der Waals surface area contributed by atoms with Crippen LogP contribution in [0.4, 0.5) is 10.5 Å². The van der Waals surface area contributed by atoms with Crippen LogP contribution in [0.1, 0.15) is 5.56 Å². The molecule has 0 atom stereocenters. The topological polar surface area (TPSA) is 86.3 Å². The third-order valence-corrected chi connectivity index (χ3v) is 5.34. The fraction of sp³-hybridized carbons (Fsp3) is 0.238. The molecule has 1 heterocycles. The van der Waals surface area contributed by atoms with Crippen molar-refractivity contribution in [3.63, 3.8) is 0 Å². The molecule has 30 heavy (non-hydrogen) atoms. The van der Waals surface area contributed by atoms with E-state index in [1.807, 2.05) is 0 Å². The van der Waals surface area contributed by atoms with Gasteiger partial charge >= 0.3 is 0 Å². The summed E-state index contributed by atoms with van der Waals surface area (Å²) in [5, 5.41) is 2.69. The highest BCUT2D eigenvalue weighted by Crippen LogP contribution is 2.35. The Morgan fingerprint density at radius 2 is 1.57 bits per heavy atom. The lowest BCUT2D eigenvalue weighted by Gasteiger charge is -2.17. The molecule has 1 aliphatic rings. The van der Waals surface area contributed by atoms with Crippen LogP contribution in [0.5, 0.6) is 23.0 Å². The Balaban J connectivity index is 1.78. The van der Waals surface area contributed by atoms with Crippen molar-refractivity contribution < 1.29 is 28.5 Å². The summed E-state index contributed by atoms with van der Waals surface area (Å²) in [7, 11) is 6.19. The van der Waals surface area contributed by atoms with Crippen LogP contribution in [0.15, 0.2) is 41.3 Å². The van der Waals surface area contributed by atoms with Gasteiger partial charge in [-0.15, -0.1) is 0 Å². The number of hydrogen-bond acceptors (Lipinski definition) is 8. The van der Waals surface area contributed by atoms with E-state index < -0.39 is 5.91 Å². The van der Waals surface area contributed by atoms with Crippen LogP contribution in [-0.2, 0) is 4.79 Å². The molecule has 0 saturated carbocycles. The minimum absolute atomic E-state index is 0.0000583. The Morgan fingerprint density at radius 3 is 2.23 bits per heavy atom. The summed E-state index contributed by atoms with van der Waals surface area (Å²) in [6.45, 7) is -0.0000583. The van der Waals surface area contributed by atoms with Gasteiger partial charge in [0.25, 0.3) is 11.1 Å². The number of carbonyl (C=O) groups is 2. The van der Waals surface area contributed by atoms with E-state index in [1.165, 1.54) is 14.2 Å². The maximum Gasteiger partial charge on any atom is 0.295 e. The first kappa shape index (κ1) is 21.4. The second kappa shape index (κ2) is 9.45. The van der Waals surface area contributed by atoms with Crippen LogP contribution in [0.2, 0.25) is 0 Å². The molecular weight excluding hydrogens is 408 g/mol. The zero-order valence-corrected chi connectivity index (χ0v) is 17.9.